The Balaban J connectivity index is 0.792. The number of amides is 3. The van der Waals surface area contributed by atoms with Crippen molar-refractivity contribution in [1.82, 2.24) is 30.0 Å². The standard InChI is InChI=1S/C44H48N8O5/c1-30-37-24-34(12-13-36(37)43(56)52(50-30)38-14-15-39(53)49-42(38)55)46-20-7-2-4-11-40(54)51-21-16-31(17-22-51)28-57-35-26-47-41(48-27-35)33-10-8-9-32(23-33)25-44(29-45)18-5-3-6-19-44/h3,5-6,8-10,12-13,18,23-24,26-27,31,38,46H,2,4,7,11,14-17,19-22,25,28H2,1H3,(H,49,53,55). The molecule has 2 N–H and O–H groups in total. The van der Waals surface area contributed by atoms with Gasteiger partial charge in [-0.1, -0.05) is 48.9 Å². The van der Waals surface area contributed by atoms with Crippen molar-refractivity contribution in [2.24, 2.45) is 11.3 Å². The highest BCUT2D eigenvalue weighted by molar-refractivity contribution is 5.99. The third kappa shape index (κ3) is 9.45. The van der Waals surface area contributed by atoms with Gasteiger partial charge >= 0.3 is 0 Å². The number of imide groups is 1. The Hall–Kier alpha value is -6.16. The van der Waals surface area contributed by atoms with Gasteiger partial charge < -0.3 is 15.0 Å². The van der Waals surface area contributed by atoms with Crippen molar-refractivity contribution in [1.29, 1.82) is 5.26 Å². The van der Waals surface area contributed by atoms with Gasteiger partial charge in [0, 0.05) is 49.1 Å². The zero-order valence-corrected chi connectivity index (χ0v) is 32.3. The number of piperidine rings is 2. The molecular formula is C44H48N8O5. The molecule has 2 fully saturated rings. The monoisotopic (exact) mass is 768 g/mol. The first-order valence-corrected chi connectivity index (χ1v) is 19.9. The number of hydrogen-bond acceptors (Lipinski definition) is 10. The fourth-order valence-corrected chi connectivity index (χ4v) is 7.83. The van der Waals surface area contributed by atoms with Gasteiger partial charge in [0.2, 0.25) is 11.8 Å². The fourth-order valence-electron chi connectivity index (χ4n) is 7.83. The number of aromatic nitrogens is 4. The van der Waals surface area contributed by atoms with Crippen LogP contribution in [0.2, 0.25) is 0 Å². The van der Waals surface area contributed by atoms with Crippen LogP contribution in [0.25, 0.3) is 22.2 Å². The summed E-state index contributed by atoms with van der Waals surface area (Å²) in [6, 6.07) is 15.2. The number of nitrogens with one attached hydrogen (secondary N) is 2. The predicted octanol–water partition coefficient (Wildman–Crippen LogP) is 6.00. The molecule has 13 heteroatoms. The molecule has 2 unspecified atom stereocenters. The molecule has 294 valence electrons. The van der Waals surface area contributed by atoms with E-state index in [-0.39, 0.29) is 30.2 Å². The minimum Gasteiger partial charge on any atom is -0.490 e. The van der Waals surface area contributed by atoms with E-state index in [0.29, 0.717) is 59.8 Å². The van der Waals surface area contributed by atoms with Gasteiger partial charge in [0.25, 0.3) is 11.5 Å². The molecule has 3 aliphatic rings. The van der Waals surface area contributed by atoms with Crippen LogP contribution in [0.4, 0.5) is 5.69 Å². The molecule has 2 aromatic heterocycles. The number of rotatable bonds is 14. The van der Waals surface area contributed by atoms with Gasteiger partial charge in [-0.2, -0.15) is 10.4 Å². The Labute approximate surface area is 331 Å². The molecule has 2 atom stereocenters. The van der Waals surface area contributed by atoms with Gasteiger partial charge in [-0.05, 0) is 87.6 Å². The topological polar surface area (TPSA) is 172 Å². The van der Waals surface area contributed by atoms with E-state index in [2.05, 4.69) is 37.8 Å². The molecular weight excluding hydrogens is 721 g/mol. The predicted molar refractivity (Wildman–Crippen MR) is 216 cm³/mol. The van der Waals surface area contributed by atoms with Gasteiger partial charge in [0.15, 0.2) is 11.6 Å². The number of nitriles is 1. The number of likely N-dealkylation sites (tertiary alicyclic amines) is 1. The van der Waals surface area contributed by atoms with Crippen molar-refractivity contribution < 1.29 is 19.1 Å². The summed E-state index contributed by atoms with van der Waals surface area (Å²) in [7, 11) is 0. The SMILES string of the molecule is Cc1nn(C2CCC(=O)NC2=O)c(=O)c2ccc(NCCCCCC(=O)N3CCC(COc4cnc(-c5cccc(CC6(C#N)C=CC=CC6)c5)nc4)CC3)cc12. The average Bonchev–Trinajstić information content (AvgIpc) is 3.23. The number of carbonyl (C=O) groups excluding carboxylic acids is 3. The first-order valence-electron chi connectivity index (χ1n) is 19.9. The van der Waals surface area contributed by atoms with Crippen LogP contribution in [-0.2, 0) is 20.8 Å². The smallest absolute Gasteiger partial charge is 0.275 e. The number of unbranched alkanes of at least 4 members (excludes halogenated alkanes) is 2. The summed E-state index contributed by atoms with van der Waals surface area (Å²) in [5, 5.41) is 21.2. The molecule has 3 amide bonds. The molecule has 4 aromatic rings. The molecule has 2 aromatic carbocycles. The van der Waals surface area contributed by atoms with Crippen LogP contribution in [0, 0.1) is 29.6 Å². The lowest BCUT2D eigenvalue weighted by Gasteiger charge is -2.32. The molecule has 2 aliphatic heterocycles. The highest BCUT2D eigenvalue weighted by Gasteiger charge is 2.31. The molecule has 0 saturated carbocycles. The summed E-state index contributed by atoms with van der Waals surface area (Å²) in [6.45, 7) is 4.55. The number of anilines is 1. The maximum Gasteiger partial charge on any atom is 0.275 e. The number of carbonyl (C=O) groups is 3. The number of fused-ring (bicyclic) bond motifs is 1. The van der Waals surface area contributed by atoms with Crippen LogP contribution in [-0.4, -0.2) is 68.6 Å². The van der Waals surface area contributed by atoms with E-state index in [1.807, 2.05) is 59.5 Å². The number of nitrogens with zero attached hydrogens (tertiary/aromatic N) is 6. The molecule has 4 heterocycles. The highest BCUT2D eigenvalue weighted by atomic mass is 16.5. The highest BCUT2D eigenvalue weighted by Crippen LogP contribution is 2.32. The Bertz CT molecular complexity index is 2290. The molecule has 2 saturated heterocycles. The maximum absolute atomic E-state index is 13.2. The Morgan fingerprint density at radius 1 is 1.02 bits per heavy atom. The summed E-state index contributed by atoms with van der Waals surface area (Å²) in [5.41, 5.74) is 2.58. The van der Waals surface area contributed by atoms with E-state index >= 15 is 0 Å². The van der Waals surface area contributed by atoms with E-state index in [4.69, 9.17) is 4.74 Å². The van der Waals surface area contributed by atoms with Crippen molar-refractivity contribution in [2.45, 2.75) is 77.2 Å². The van der Waals surface area contributed by atoms with Crippen LogP contribution in [0.3, 0.4) is 0 Å². The summed E-state index contributed by atoms with van der Waals surface area (Å²) in [4.78, 5) is 61.1. The Kier molecular flexibility index (Phi) is 12.2. The zero-order chi connectivity index (χ0) is 39.8. The Morgan fingerprint density at radius 3 is 2.60 bits per heavy atom. The fraction of sp³-hybridized carbons (Fsp3) is 0.409. The minimum atomic E-state index is -0.800. The maximum atomic E-state index is 13.2. The third-order valence-electron chi connectivity index (χ3n) is 11.2. The largest absolute Gasteiger partial charge is 0.490 e. The van der Waals surface area contributed by atoms with Crippen molar-refractivity contribution in [3.8, 4) is 23.2 Å². The normalized spacial score (nSPS) is 19.6. The number of benzene rings is 2. The Morgan fingerprint density at radius 2 is 1.84 bits per heavy atom. The van der Waals surface area contributed by atoms with Crippen molar-refractivity contribution in [2.75, 3.05) is 31.6 Å². The quantitative estimate of drug-likeness (QED) is 0.115. The number of ether oxygens (including phenoxy) is 1. The summed E-state index contributed by atoms with van der Waals surface area (Å²) in [6.07, 6.45) is 18.0. The number of aryl methyl sites for hydroxylation is 1. The van der Waals surface area contributed by atoms with Gasteiger partial charge in [-0.25, -0.2) is 14.6 Å². The van der Waals surface area contributed by atoms with Crippen LogP contribution < -0.4 is 20.9 Å². The van der Waals surface area contributed by atoms with Crippen molar-refractivity contribution >= 4 is 34.2 Å². The van der Waals surface area contributed by atoms with E-state index in [0.717, 1.165) is 68.6 Å². The van der Waals surface area contributed by atoms with E-state index in [9.17, 15) is 24.4 Å². The van der Waals surface area contributed by atoms with Crippen molar-refractivity contribution in [3.63, 3.8) is 0 Å². The molecule has 0 radical (unpaired) electrons. The van der Waals surface area contributed by atoms with Crippen LogP contribution in [0.15, 0.2) is 84.0 Å². The van der Waals surface area contributed by atoms with Gasteiger partial charge in [0.05, 0.1) is 41.6 Å². The second kappa shape index (κ2) is 17.7. The van der Waals surface area contributed by atoms with Crippen LogP contribution in [0.1, 0.15) is 75.1 Å². The molecule has 0 bridgehead atoms. The second-order valence-corrected chi connectivity index (χ2v) is 15.3. The van der Waals surface area contributed by atoms with Gasteiger partial charge in [-0.3, -0.25) is 24.5 Å². The van der Waals surface area contributed by atoms with E-state index in [1.165, 1.54) is 4.68 Å². The molecule has 1 aliphatic carbocycles. The van der Waals surface area contributed by atoms with Crippen molar-refractivity contribution in [3.05, 3.63) is 101 Å². The lowest BCUT2D eigenvalue weighted by Crippen LogP contribution is -2.45. The third-order valence-corrected chi connectivity index (χ3v) is 11.2. The molecule has 57 heavy (non-hydrogen) atoms. The first-order chi connectivity index (χ1) is 27.7. The number of allylic oxidation sites excluding steroid dienone is 4. The summed E-state index contributed by atoms with van der Waals surface area (Å²) < 4.78 is 7.26. The first kappa shape index (κ1) is 39.1. The zero-order valence-electron chi connectivity index (χ0n) is 32.3. The minimum absolute atomic E-state index is 0.171. The molecule has 7 rings (SSSR count). The van der Waals surface area contributed by atoms with Crippen LogP contribution >= 0.6 is 0 Å². The van der Waals surface area contributed by atoms with Crippen LogP contribution in [0.5, 0.6) is 5.75 Å². The average molecular weight is 769 g/mol. The van der Waals surface area contributed by atoms with E-state index < -0.39 is 17.4 Å². The number of hydrogen-bond donors (Lipinski definition) is 2. The second-order valence-electron chi connectivity index (χ2n) is 15.3. The molecule has 0 spiro atoms. The molecule has 13 nitrogen and oxygen atoms in total. The lowest BCUT2D eigenvalue weighted by molar-refractivity contribution is -0.136. The lowest BCUT2D eigenvalue weighted by atomic mass is 9.78. The van der Waals surface area contributed by atoms with Gasteiger partial charge in [-0.15, -0.1) is 0 Å². The summed E-state index contributed by atoms with van der Waals surface area (Å²) >= 11 is 0. The van der Waals surface area contributed by atoms with E-state index in [1.54, 1.807) is 25.4 Å². The summed E-state index contributed by atoms with van der Waals surface area (Å²) in [5.74, 6) is 0.946. The van der Waals surface area contributed by atoms with Gasteiger partial charge in [0.1, 0.15) is 6.04 Å².